The molecular formula is C28H28ClN5O5S. The summed E-state index contributed by atoms with van der Waals surface area (Å²) >= 11 is 7.45. The van der Waals surface area contributed by atoms with Crippen LogP contribution in [0.15, 0.2) is 62.5 Å². The van der Waals surface area contributed by atoms with Gasteiger partial charge in [0.05, 0.1) is 47.9 Å². The minimum atomic E-state index is -0.529. The second-order valence-electron chi connectivity index (χ2n) is 10.6. The van der Waals surface area contributed by atoms with Crippen LogP contribution in [0.1, 0.15) is 55.4 Å². The largest absolute Gasteiger partial charge is 0.461 e. The van der Waals surface area contributed by atoms with Crippen molar-refractivity contribution in [3.8, 4) is 0 Å². The molecule has 2 aliphatic rings. The quantitative estimate of drug-likeness (QED) is 0.239. The van der Waals surface area contributed by atoms with E-state index in [1.165, 1.54) is 11.8 Å². The number of aromatic amines is 2. The average molecular weight is 582 g/mol. The number of ether oxygens (including phenoxy) is 1. The summed E-state index contributed by atoms with van der Waals surface area (Å²) in [4.78, 5) is 43.3. The van der Waals surface area contributed by atoms with E-state index in [9.17, 15) is 9.59 Å². The van der Waals surface area contributed by atoms with Crippen LogP contribution in [0, 0.1) is 0 Å². The third-order valence-electron chi connectivity index (χ3n) is 6.45. The number of anilines is 1. The number of nitrogens with one attached hydrogen (secondary N) is 3. The monoisotopic (exact) mass is 581 g/mol. The number of fused-ring (bicyclic) bond motifs is 2. The SMILES string of the molecule is CCOC(=O)c1[nH]cc2c1NC1=C(C(=O)CN(OC(C)(C)C)C1)C2c1ccc(Sc2nc3ccc(Cl)cc3[nH]2)o1. The van der Waals surface area contributed by atoms with Crippen molar-refractivity contribution >= 4 is 51.8 Å². The Morgan fingerprint density at radius 2 is 2.08 bits per heavy atom. The summed E-state index contributed by atoms with van der Waals surface area (Å²) in [6.45, 7) is 8.22. The van der Waals surface area contributed by atoms with E-state index in [-0.39, 0.29) is 24.6 Å². The molecule has 0 fully saturated rings. The fourth-order valence-electron chi connectivity index (χ4n) is 5.04. The molecule has 0 radical (unpaired) electrons. The zero-order valence-corrected chi connectivity index (χ0v) is 24.0. The van der Waals surface area contributed by atoms with Crippen LogP contribution in [0.2, 0.25) is 5.02 Å². The number of esters is 1. The first kappa shape index (κ1) is 26.7. The fourth-order valence-corrected chi connectivity index (χ4v) is 5.98. The van der Waals surface area contributed by atoms with Gasteiger partial charge < -0.3 is 24.4 Å². The lowest BCUT2D eigenvalue weighted by molar-refractivity contribution is -0.223. The van der Waals surface area contributed by atoms with Crippen LogP contribution < -0.4 is 5.32 Å². The van der Waals surface area contributed by atoms with Crippen LogP contribution in [-0.2, 0) is 14.4 Å². The Morgan fingerprint density at radius 1 is 1.25 bits per heavy atom. The number of carbonyl (C=O) groups excluding carboxylic acids is 2. The molecule has 10 nitrogen and oxygen atoms in total. The molecule has 1 aromatic carbocycles. The summed E-state index contributed by atoms with van der Waals surface area (Å²) < 4.78 is 11.6. The van der Waals surface area contributed by atoms with Gasteiger partial charge in [-0.15, -0.1) is 0 Å². The summed E-state index contributed by atoms with van der Waals surface area (Å²) in [7, 11) is 0. The van der Waals surface area contributed by atoms with E-state index in [1.54, 1.807) is 24.3 Å². The van der Waals surface area contributed by atoms with E-state index < -0.39 is 17.5 Å². The predicted octanol–water partition coefficient (Wildman–Crippen LogP) is 5.89. The fraction of sp³-hybridized carbons (Fsp3) is 0.321. The highest BCUT2D eigenvalue weighted by Gasteiger charge is 2.42. The first-order valence-corrected chi connectivity index (χ1v) is 14.1. The summed E-state index contributed by atoms with van der Waals surface area (Å²) in [5.74, 6) is -0.527. The third-order valence-corrected chi connectivity index (χ3v) is 7.50. The Labute approximate surface area is 239 Å². The van der Waals surface area contributed by atoms with E-state index in [0.29, 0.717) is 44.5 Å². The number of aromatic nitrogens is 3. The molecule has 12 heteroatoms. The number of furan rings is 1. The number of carbonyl (C=O) groups is 2. The summed E-state index contributed by atoms with van der Waals surface area (Å²) in [5, 5.41) is 6.85. The average Bonchev–Trinajstić information content (AvgIpc) is 3.60. The van der Waals surface area contributed by atoms with E-state index in [1.807, 2.05) is 45.0 Å². The Morgan fingerprint density at radius 3 is 2.85 bits per heavy atom. The number of ketones is 1. The van der Waals surface area contributed by atoms with Crippen molar-refractivity contribution in [2.45, 2.75) is 49.5 Å². The molecule has 0 saturated heterocycles. The highest BCUT2D eigenvalue weighted by atomic mass is 35.5. The molecule has 0 spiro atoms. The second-order valence-corrected chi connectivity index (χ2v) is 12.0. The van der Waals surface area contributed by atoms with E-state index in [2.05, 4.69) is 20.3 Å². The Hall–Kier alpha value is -3.51. The van der Waals surface area contributed by atoms with Crippen molar-refractivity contribution in [1.82, 2.24) is 20.0 Å². The lowest BCUT2D eigenvalue weighted by atomic mass is 9.81. The molecule has 3 N–H and O–H groups in total. The minimum absolute atomic E-state index is 0.0905. The van der Waals surface area contributed by atoms with Gasteiger partial charge in [0.2, 0.25) is 0 Å². The molecule has 0 aliphatic carbocycles. The Bertz CT molecular complexity index is 1660. The van der Waals surface area contributed by atoms with E-state index >= 15 is 0 Å². The van der Waals surface area contributed by atoms with Crippen molar-refractivity contribution in [3.63, 3.8) is 0 Å². The van der Waals surface area contributed by atoms with Gasteiger partial charge in [-0.3, -0.25) is 9.63 Å². The molecular weight excluding hydrogens is 554 g/mol. The van der Waals surface area contributed by atoms with E-state index in [0.717, 1.165) is 16.6 Å². The molecule has 5 heterocycles. The molecule has 2 aliphatic heterocycles. The maximum atomic E-state index is 13.6. The van der Waals surface area contributed by atoms with Crippen LogP contribution in [0.4, 0.5) is 5.69 Å². The van der Waals surface area contributed by atoms with Crippen molar-refractivity contribution in [3.05, 3.63) is 69.8 Å². The van der Waals surface area contributed by atoms with Crippen LogP contribution in [-0.4, -0.2) is 57.1 Å². The first-order valence-electron chi connectivity index (χ1n) is 12.9. The number of hydrogen-bond acceptors (Lipinski definition) is 9. The van der Waals surface area contributed by atoms with Gasteiger partial charge in [0.1, 0.15) is 11.5 Å². The van der Waals surface area contributed by atoms with Gasteiger partial charge in [0.25, 0.3) is 0 Å². The molecule has 0 saturated carbocycles. The zero-order chi connectivity index (χ0) is 28.2. The van der Waals surface area contributed by atoms with Crippen LogP contribution >= 0.6 is 23.4 Å². The van der Waals surface area contributed by atoms with Gasteiger partial charge in [-0.2, -0.15) is 5.06 Å². The summed E-state index contributed by atoms with van der Waals surface area (Å²) in [5.41, 5.74) is 3.96. The number of hydrogen-bond donors (Lipinski definition) is 3. The molecule has 1 unspecified atom stereocenters. The predicted molar refractivity (Wildman–Crippen MR) is 151 cm³/mol. The minimum Gasteiger partial charge on any atom is -0.461 e. The number of rotatable bonds is 6. The van der Waals surface area contributed by atoms with Gasteiger partial charge >= 0.3 is 5.97 Å². The molecule has 0 amide bonds. The smallest absolute Gasteiger partial charge is 0.356 e. The van der Waals surface area contributed by atoms with Crippen LogP contribution in [0.25, 0.3) is 11.0 Å². The number of imidazole rings is 1. The third kappa shape index (κ3) is 5.05. The number of Topliss-reactive ketones (excluding diaryl/α,β-unsaturated/α-hetero) is 1. The van der Waals surface area contributed by atoms with E-state index in [4.69, 9.17) is 25.6 Å². The van der Waals surface area contributed by atoms with Gasteiger partial charge in [0, 0.05) is 28.1 Å². The highest BCUT2D eigenvalue weighted by Crippen LogP contribution is 2.46. The van der Waals surface area contributed by atoms with Gasteiger partial charge in [-0.1, -0.05) is 11.6 Å². The van der Waals surface area contributed by atoms with Crippen LogP contribution in [0.5, 0.6) is 0 Å². The van der Waals surface area contributed by atoms with Crippen molar-refractivity contribution in [2.75, 3.05) is 25.0 Å². The number of nitrogens with zero attached hydrogens (tertiary/aromatic N) is 2. The second kappa shape index (κ2) is 10.2. The zero-order valence-electron chi connectivity index (χ0n) is 22.4. The molecule has 4 aromatic rings. The molecule has 40 heavy (non-hydrogen) atoms. The van der Waals surface area contributed by atoms with Crippen LogP contribution in [0.3, 0.4) is 0 Å². The molecule has 3 aromatic heterocycles. The number of hydroxylamine groups is 2. The molecule has 0 bridgehead atoms. The maximum absolute atomic E-state index is 13.6. The molecule has 1 atom stereocenters. The number of benzene rings is 1. The van der Waals surface area contributed by atoms with Gasteiger partial charge in [-0.25, -0.2) is 9.78 Å². The first-order chi connectivity index (χ1) is 19.1. The lowest BCUT2D eigenvalue weighted by Crippen LogP contribution is -2.45. The summed E-state index contributed by atoms with van der Waals surface area (Å²) in [6.07, 6.45) is 1.73. The van der Waals surface area contributed by atoms with Crippen molar-refractivity contribution in [2.24, 2.45) is 0 Å². The molecule has 208 valence electrons. The number of H-pyrrole nitrogens is 2. The van der Waals surface area contributed by atoms with Crippen molar-refractivity contribution < 1.29 is 23.6 Å². The standard InChI is InChI=1S/C28H28ClN5O5S/c1-5-37-26(36)25-24-15(11-30-25)22(23-18(31-24)12-34(13-19(23)35)39-28(2,3)4)20-8-9-21(38-20)40-27-32-16-7-6-14(29)10-17(16)33-27/h6-11,22,30-31H,5,12-13H2,1-4H3,(H,32,33). The highest BCUT2D eigenvalue weighted by molar-refractivity contribution is 7.99. The van der Waals surface area contributed by atoms with Gasteiger partial charge in [-0.05, 0) is 69.8 Å². The van der Waals surface area contributed by atoms with Crippen molar-refractivity contribution in [1.29, 1.82) is 0 Å². The number of halogens is 1. The Balaban J connectivity index is 1.37. The molecule has 6 rings (SSSR count). The lowest BCUT2D eigenvalue weighted by Gasteiger charge is -2.38. The summed E-state index contributed by atoms with van der Waals surface area (Å²) in [6, 6.07) is 9.17. The Kier molecular flexibility index (Phi) is 6.78. The van der Waals surface area contributed by atoms with Gasteiger partial charge in [0.15, 0.2) is 16.0 Å². The maximum Gasteiger partial charge on any atom is 0.356 e. The normalized spacial score (nSPS) is 17.6. The topological polar surface area (TPSA) is 125 Å².